The van der Waals surface area contributed by atoms with Crippen molar-refractivity contribution in [3.05, 3.63) is 63.9 Å². The summed E-state index contributed by atoms with van der Waals surface area (Å²) in [7, 11) is 0. The van der Waals surface area contributed by atoms with Crippen molar-refractivity contribution in [2.75, 3.05) is 5.32 Å². The van der Waals surface area contributed by atoms with Crippen LogP contribution < -0.4 is 10.7 Å². The molecule has 2 aliphatic heterocycles. The van der Waals surface area contributed by atoms with Gasteiger partial charge in [0.15, 0.2) is 5.54 Å². The highest BCUT2D eigenvalue weighted by atomic mass is 79.9. The zero-order valence-electron chi connectivity index (χ0n) is 11.4. The first-order valence-corrected chi connectivity index (χ1v) is 7.59. The number of nitrogens with one attached hydrogen (secondary N) is 2. The Morgan fingerprint density at radius 1 is 1.23 bits per heavy atom. The number of hydrogen-bond donors (Lipinski definition) is 2. The van der Waals surface area contributed by atoms with Gasteiger partial charge in [0.2, 0.25) is 0 Å². The molecule has 1 amide bonds. The zero-order chi connectivity index (χ0) is 15.3. The molecule has 0 bridgehead atoms. The molecule has 0 saturated carbocycles. The number of hydrogen-bond acceptors (Lipinski definition) is 3. The van der Waals surface area contributed by atoms with Crippen molar-refractivity contribution in [1.82, 2.24) is 5.43 Å². The normalized spacial score (nSPS) is 22.3. The quantitative estimate of drug-likeness (QED) is 0.821. The van der Waals surface area contributed by atoms with Gasteiger partial charge in [-0.3, -0.25) is 10.2 Å². The van der Waals surface area contributed by atoms with Crippen LogP contribution in [-0.2, 0) is 10.3 Å². The fourth-order valence-corrected chi connectivity index (χ4v) is 3.31. The van der Waals surface area contributed by atoms with Crippen molar-refractivity contribution in [3.63, 3.8) is 0 Å². The van der Waals surface area contributed by atoms with Crippen LogP contribution in [0.5, 0.6) is 0 Å². The lowest BCUT2D eigenvalue weighted by molar-refractivity contribution is -0.121. The molecule has 6 heteroatoms. The van der Waals surface area contributed by atoms with E-state index in [1.165, 1.54) is 12.1 Å². The number of fused-ring (bicyclic) bond motifs is 2. The summed E-state index contributed by atoms with van der Waals surface area (Å²) in [5.74, 6) is -0.462. The van der Waals surface area contributed by atoms with Crippen molar-refractivity contribution >= 4 is 33.2 Å². The van der Waals surface area contributed by atoms with Crippen molar-refractivity contribution in [1.29, 1.82) is 0 Å². The summed E-state index contributed by atoms with van der Waals surface area (Å²) in [6, 6.07) is 11.9. The highest BCUT2D eigenvalue weighted by Gasteiger charge is 2.50. The fourth-order valence-electron chi connectivity index (χ4n) is 2.94. The number of carbonyl (C=O) groups is 1. The molecule has 0 saturated heterocycles. The molecule has 4 nitrogen and oxygen atoms in total. The zero-order valence-corrected chi connectivity index (χ0v) is 12.9. The van der Waals surface area contributed by atoms with E-state index < -0.39 is 5.54 Å². The molecule has 0 fully saturated rings. The van der Waals surface area contributed by atoms with E-state index in [-0.39, 0.29) is 11.7 Å². The molecule has 0 aromatic heterocycles. The summed E-state index contributed by atoms with van der Waals surface area (Å²) < 4.78 is 14.3. The second-order valence-corrected chi connectivity index (χ2v) is 6.32. The SMILES string of the molecule is O=C1Nc2ccc(Br)cc2C12CC(c1cccc(F)c1)=NN2. The van der Waals surface area contributed by atoms with E-state index in [0.717, 1.165) is 15.7 Å². The number of benzene rings is 2. The van der Waals surface area contributed by atoms with Crippen LogP contribution in [0.4, 0.5) is 10.1 Å². The third kappa shape index (κ3) is 1.87. The lowest BCUT2D eigenvalue weighted by Crippen LogP contribution is -2.42. The summed E-state index contributed by atoms with van der Waals surface area (Å²) in [6.45, 7) is 0. The molecule has 22 heavy (non-hydrogen) atoms. The van der Waals surface area contributed by atoms with Crippen molar-refractivity contribution < 1.29 is 9.18 Å². The van der Waals surface area contributed by atoms with Crippen LogP contribution in [0.3, 0.4) is 0 Å². The maximum Gasteiger partial charge on any atom is 0.256 e. The summed E-state index contributed by atoms with van der Waals surface area (Å²) in [5.41, 5.74) is 5.02. The van der Waals surface area contributed by atoms with Gasteiger partial charge in [0, 0.05) is 27.7 Å². The molecule has 2 heterocycles. The monoisotopic (exact) mass is 359 g/mol. The fraction of sp³-hybridized carbons (Fsp3) is 0.125. The minimum absolute atomic E-state index is 0.143. The number of carbonyl (C=O) groups excluding carboxylic acids is 1. The molecular formula is C16H11BrFN3O. The third-order valence-electron chi connectivity index (χ3n) is 4.05. The number of halogens is 2. The second kappa shape index (κ2) is 4.64. The maximum absolute atomic E-state index is 13.4. The predicted molar refractivity (Wildman–Crippen MR) is 85.1 cm³/mol. The standard InChI is InChI=1S/C16H11BrFN3O/c17-10-4-5-13-12(7-10)16(15(22)19-13)8-14(20-21-16)9-2-1-3-11(18)6-9/h1-7,21H,8H2,(H,19,22). The van der Waals surface area contributed by atoms with Gasteiger partial charge in [-0.2, -0.15) is 5.10 Å². The molecule has 2 N–H and O–H groups in total. The minimum atomic E-state index is -0.916. The number of amides is 1. The van der Waals surface area contributed by atoms with E-state index in [1.807, 2.05) is 18.2 Å². The Bertz CT molecular complexity index is 836. The Morgan fingerprint density at radius 3 is 2.91 bits per heavy atom. The average molecular weight is 360 g/mol. The van der Waals surface area contributed by atoms with Crippen LogP contribution in [0, 0.1) is 5.82 Å². The smallest absolute Gasteiger partial charge is 0.256 e. The van der Waals surface area contributed by atoms with Gasteiger partial charge in [-0.25, -0.2) is 4.39 Å². The van der Waals surface area contributed by atoms with E-state index >= 15 is 0 Å². The highest BCUT2D eigenvalue weighted by Crippen LogP contribution is 2.42. The van der Waals surface area contributed by atoms with Gasteiger partial charge in [-0.05, 0) is 30.3 Å². The van der Waals surface area contributed by atoms with Gasteiger partial charge in [0.05, 0.1) is 5.71 Å². The Morgan fingerprint density at radius 2 is 2.09 bits per heavy atom. The molecule has 4 rings (SSSR count). The number of rotatable bonds is 1. The van der Waals surface area contributed by atoms with Gasteiger partial charge in [0.25, 0.3) is 5.91 Å². The number of anilines is 1. The summed E-state index contributed by atoms with van der Waals surface area (Å²) in [4.78, 5) is 12.5. The highest BCUT2D eigenvalue weighted by molar-refractivity contribution is 9.10. The molecule has 1 spiro atoms. The van der Waals surface area contributed by atoms with Gasteiger partial charge < -0.3 is 5.32 Å². The van der Waals surface area contributed by atoms with Crippen molar-refractivity contribution in [3.8, 4) is 0 Å². The second-order valence-electron chi connectivity index (χ2n) is 5.41. The maximum atomic E-state index is 13.4. The van der Waals surface area contributed by atoms with Crippen LogP contribution in [0.25, 0.3) is 0 Å². The summed E-state index contributed by atoms with van der Waals surface area (Å²) in [6.07, 6.45) is 0.381. The van der Waals surface area contributed by atoms with E-state index in [0.29, 0.717) is 17.7 Å². The topological polar surface area (TPSA) is 53.5 Å². The first kappa shape index (κ1) is 13.5. The molecule has 0 radical (unpaired) electrons. The number of nitrogens with zero attached hydrogens (tertiary/aromatic N) is 1. The van der Waals surface area contributed by atoms with E-state index in [4.69, 9.17) is 0 Å². The summed E-state index contributed by atoms with van der Waals surface area (Å²) >= 11 is 3.43. The molecule has 110 valence electrons. The van der Waals surface area contributed by atoms with Crippen LogP contribution in [0.2, 0.25) is 0 Å². The van der Waals surface area contributed by atoms with Crippen molar-refractivity contribution in [2.45, 2.75) is 12.0 Å². The average Bonchev–Trinajstić information content (AvgIpc) is 3.05. The number of hydrazone groups is 1. The van der Waals surface area contributed by atoms with Crippen LogP contribution in [-0.4, -0.2) is 11.6 Å². The van der Waals surface area contributed by atoms with Crippen LogP contribution in [0.1, 0.15) is 17.5 Å². The van der Waals surface area contributed by atoms with E-state index in [2.05, 4.69) is 31.8 Å². The van der Waals surface area contributed by atoms with Gasteiger partial charge >= 0.3 is 0 Å². The van der Waals surface area contributed by atoms with E-state index in [1.54, 1.807) is 12.1 Å². The summed E-state index contributed by atoms with van der Waals surface area (Å²) in [5, 5.41) is 7.16. The first-order chi connectivity index (χ1) is 10.6. The largest absolute Gasteiger partial charge is 0.323 e. The van der Waals surface area contributed by atoms with Crippen molar-refractivity contribution in [2.24, 2.45) is 5.10 Å². The Balaban J connectivity index is 1.75. The Hall–Kier alpha value is -2.21. The lowest BCUT2D eigenvalue weighted by Gasteiger charge is -2.21. The van der Waals surface area contributed by atoms with E-state index in [9.17, 15) is 9.18 Å². The molecule has 2 aliphatic rings. The lowest BCUT2D eigenvalue weighted by atomic mass is 9.86. The minimum Gasteiger partial charge on any atom is -0.323 e. The molecule has 1 atom stereocenters. The molecule has 2 aromatic carbocycles. The molecule has 1 unspecified atom stereocenters. The van der Waals surface area contributed by atoms with Gasteiger partial charge in [-0.1, -0.05) is 28.1 Å². The third-order valence-corrected chi connectivity index (χ3v) is 4.54. The Kier molecular flexibility index (Phi) is 2.84. The molecular weight excluding hydrogens is 349 g/mol. The van der Waals surface area contributed by atoms with Crippen LogP contribution >= 0.6 is 15.9 Å². The van der Waals surface area contributed by atoms with Crippen LogP contribution in [0.15, 0.2) is 52.0 Å². The predicted octanol–water partition coefficient (Wildman–Crippen LogP) is 3.13. The van der Waals surface area contributed by atoms with Gasteiger partial charge in [0.1, 0.15) is 5.82 Å². The van der Waals surface area contributed by atoms with Gasteiger partial charge in [-0.15, -0.1) is 0 Å². The Labute approximate surface area is 134 Å². The molecule has 0 aliphatic carbocycles. The molecule has 2 aromatic rings. The first-order valence-electron chi connectivity index (χ1n) is 6.80.